The molecule has 29 heavy (non-hydrogen) atoms. The molecule has 2 aromatic rings. The fourth-order valence-corrected chi connectivity index (χ4v) is 3.35. The first-order valence-electron chi connectivity index (χ1n) is 9.84. The molecule has 0 saturated heterocycles. The average molecular weight is 388 g/mol. The first kappa shape index (κ1) is 20.4. The molecule has 2 aromatic heterocycles. The molecule has 0 radical (unpaired) electrons. The van der Waals surface area contributed by atoms with Crippen molar-refractivity contribution in [3.63, 3.8) is 0 Å². The second-order valence-corrected chi connectivity index (χ2v) is 7.33. The highest BCUT2D eigenvalue weighted by Crippen LogP contribution is 2.33. The van der Waals surface area contributed by atoms with Gasteiger partial charge in [-0.2, -0.15) is 0 Å². The number of nitrogens with one attached hydrogen (secondary N) is 1. The molecular formula is C24H29N5. The number of anilines is 3. The molecule has 3 rings (SSSR count). The van der Waals surface area contributed by atoms with Gasteiger partial charge in [0.15, 0.2) is 5.82 Å². The molecule has 0 atom stereocenters. The van der Waals surface area contributed by atoms with Crippen LogP contribution in [0.5, 0.6) is 0 Å². The summed E-state index contributed by atoms with van der Waals surface area (Å²) in [5.41, 5.74) is 4.25. The van der Waals surface area contributed by atoms with Gasteiger partial charge in [0.05, 0.1) is 11.4 Å². The van der Waals surface area contributed by atoms with Gasteiger partial charge < -0.3 is 15.1 Å². The van der Waals surface area contributed by atoms with Gasteiger partial charge in [-0.1, -0.05) is 43.0 Å². The van der Waals surface area contributed by atoms with Crippen molar-refractivity contribution >= 4 is 22.9 Å². The molecule has 0 bridgehead atoms. The normalized spacial score (nSPS) is 14.0. The summed E-state index contributed by atoms with van der Waals surface area (Å²) in [7, 11) is 2.11. The van der Waals surface area contributed by atoms with Gasteiger partial charge in [-0.15, -0.1) is 0 Å². The third kappa shape index (κ3) is 4.93. The first-order valence-corrected chi connectivity index (χ1v) is 9.84. The van der Waals surface area contributed by atoms with E-state index < -0.39 is 0 Å². The number of allylic oxidation sites excluding steroid dienone is 5. The Morgan fingerprint density at radius 2 is 2.00 bits per heavy atom. The molecule has 1 aliphatic heterocycles. The minimum absolute atomic E-state index is 0.765. The fourth-order valence-electron chi connectivity index (χ4n) is 3.35. The monoisotopic (exact) mass is 387 g/mol. The van der Waals surface area contributed by atoms with Gasteiger partial charge in [-0.3, -0.25) is 0 Å². The van der Waals surface area contributed by atoms with E-state index >= 15 is 0 Å². The zero-order valence-electron chi connectivity index (χ0n) is 17.5. The van der Waals surface area contributed by atoms with Crippen molar-refractivity contribution in [3.8, 4) is 0 Å². The molecule has 0 aliphatic carbocycles. The Kier molecular flexibility index (Phi) is 6.50. The van der Waals surface area contributed by atoms with Gasteiger partial charge in [0.25, 0.3) is 0 Å². The molecule has 0 fully saturated rings. The number of fused-ring (bicyclic) bond motifs is 1. The van der Waals surface area contributed by atoms with Crippen LogP contribution in [0.4, 0.5) is 17.3 Å². The van der Waals surface area contributed by atoms with Crippen molar-refractivity contribution in [1.29, 1.82) is 0 Å². The molecular weight excluding hydrogens is 358 g/mol. The van der Waals surface area contributed by atoms with Crippen LogP contribution in [0.25, 0.3) is 5.57 Å². The lowest BCUT2D eigenvalue weighted by Gasteiger charge is -2.27. The molecule has 0 amide bonds. The lowest BCUT2D eigenvalue weighted by molar-refractivity contribution is 0.789. The van der Waals surface area contributed by atoms with E-state index in [0.29, 0.717) is 0 Å². The van der Waals surface area contributed by atoms with E-state index in [1.807, 2.05) is 24.3 Å². The summed E-state index contributed by atoms with van der Waals surface area (Å²) >= 11 is 0. The van der Waals surface area contributed by atoms with Crippen molar-refractivity contribution in [2.75, 3.05) is 35.3 Å². The lowest BCUT2D eigenvalue weighted by atomic mass is 10.1. The van der Waals surface area contributed by atoms with Crippen molar-refractivity contribution in [2.45, 2.75) is 20.3 Å². The second-order valence-electron chi connectivity index (χ2n) is 7.33. The maximum Gasteiger partial charge on any atom is 0.158 e. The van der Waals surface area contributed by atoms with Crippen LogP contribution in [0, 0.1) is 0 Å². The molecule has 150 valence electrons. The third-order valence-electron chi connectivity index (χ3n) is 4.70. The Labute approximate surface area is 173 Å². The lowest BCUT2D eigenvalue weighted by Crippen LogP contribution is -2.28. The molecule has 0 unspecified atom stereocenters. The van der Waals surface area contributed by atoms with Gasteiger partial charge in [-0.25, -0.2) is 9.97 Å². The number of rotatable bonds is 6. The second kappa shape index (κ2) is 9.24. The highest BCUT2D eigenvalue weighted by molar-refractivity contribution is 5.79. The van der Waals surface area contributed by atoms with Crippen molar-refractivity contribution in [1.82, 2.24) is 9.97 Å². The van der Waals surface area contributed by atoms with E-state index in [9.17, 15) is 0 Å². The Morgan fingerprint density at radius 3 is 2.69 bits per heavy atom. The maximum atomic E-state index is 5.04. The summed E-state index contributed by atoms with van der Waals surface area (Å²) < 4.78 is 0. The van der Waals surface area contributed by atoms with Crippen LogP contribution < -0.4 is 15.1 Å². The Balaban J connectivity index is 2.02. The van der Waals surface area contributed by atoms with Crippen molar-refractivity contribution < 1.29 is 0 Å². The van der Waals surface area contributed by atoms with Gasteiger partial charge in [0.2, 0.25) is 0 Å². The summed E-state index contributed by atoms with van der Waals surface area (Å²) in [6, 6.07) is 9.99. The van der Waals surface area contributed by atoms with Gasteiger partial charge in [-0.05, 0) is 44.5 Å². The van der Waals surface area contributed by atoms with E-state index in [0.717, 1.165) is 53.9 Å². The highest BCUT2D eigenvalue weighted by Gasteiger charge is 2.23. The van der Waals surface area contributed by atoms with Crippen molar-refractivity contribution in [3.05, 3.63) is 85.0 Å². The molecule has 5 nitrogen and oxygen atoms in total. The fraction of sp³-hybridized carbons (Fsp3) is 0.250. The van der Waals surface area contributed by atoms with Crippen LogP contribution in [-0.4, -0.2) is 30.1 Å². The summed E-state index contributed by atoms with van der Waals surface area (Å²) in [5.74, 6) is 2.43. The highest BCUT2D eigenvalue weighted by atomic mass is 15.3. The zero-order chi connectivity index (χ0) is 20.8. The van der Waals surface area contributed by atoms with Crippen LogP contribution in [-0.2, 0) is 0 Å². The number of hydrogen-bond donors (Lipinski definition) is 1. The summed E-state index contributed by atoms with van der Waals surface area (Å²) in [5, 5.41) is 3.32. The van der Waals surface area contributed by atoms with E-state index in [4.69, 9.17) is 4.98 Å². The SMILES string of the molecule is C=C/C=C(\C=C(C)C)c1ccc2c(n1)N(C(=C)Nc1ccccn1)CCCN2C. The largest absolute Gasteiger partial charge is 0.372 e. The summed E-state index contributed by atoms with van der Waals surface area (Å²) in [6.45, 7) is 14.1. The number of pyridine rings is 2. The Bertz CT molecular complexity index is 939. The van der Waals surface area contributed by atoms with Gasteiger partial charge in [0, 0.05) is 31.9 Å². The average Bonchev–Trinajstić information content (AvgIpc) is 2.86. The Morgan fingerprint density at radius 1 is 1.17 bits per heavy atom. The predicted molar refractivity (Wildman–Crippen MR) is 124 cm³/mol. The smallest absolute Gasteiger partial charge is 0.158 e. The maximum absolute atomic E-state index is 5.04. The minimum atomic E-state index is 0.765. The molecule has 3 heterocycles. The van der Waals surface area contributed by atoms with E-state index in [1.54, 1.807) is 12.3 Å². The zero-order valence-corrected chi connectivity index (χ0v) is 17.5. The molecule has 5 heteroatoms. The van der Waals surface area contributed by atoms with Gasteiger partial charge >= 0.3 is 0 Å². The van der Waals surface area contributed by atoms with E-state index in [-0.39, 0.29) is 0 Å². The standard InChI is InChI=1S/C24H29N5/c1-6-10-20(17-18(2)3)21-12-13-22-24(27-21)29(16-9-15-28(22)5)19(4)26-23-11-7-8-14-25-23/h6-8,10-14,17H,1,4,9,15-16H2,2-3,5H3,(H,25,26)/b20-10+. The van der Waals surface area contributed by atoms with Crippen LogP contribution in [0.2, 0.25) is 0 Å². The molecule has 1 aliphatic rings. The summed E-state index contributed by atoms with van der Waals surface area (Å²) in [4.78, 5) is 13.8. The Hall–Kier alpha value is -3.34. The predicted octanol–water partition coefficient (Wildman–Crippen LogP) is 5.24. The summed E-state index contributed by atoms with van der Waals surface area (Å²) in [6.07, 6.45) is 8.69. The topological polar surface area (TPSA) is 44.3 Å². The van der Waals surface area contributed by atoms with Crippen molar-refractivity contribution in [2.24, 2.45) is 0 Å². The molecule has 1 N–H and O–H groups in total. The van der Waals surface area contributed by atoms with Crippen LogP contribution in [0.3, 0.4) is 0 Å². The quantitative estimate of drug-likeness (QED) is 0.687. The molecule has 0 spiro atoms. The van der Waals surface area contributed by atoms with Crippen LogP contribution >= 0.6 is 0 Å². The van der Waals surface area contributed by atoms with Crippen LogP contribution in [0.1, 0.15) is 26.0 Å². The molecule has 0 aromatic carbocycles. The number of nitrogens with zero attached hydrogens (tertiary/aromatic N) is 4. The minimum Gasteiger partial charge on any atom is -0.372 e. The number of hydrogen-bond acceptors (Lipinski definition) is 5. The third-order valence-corrected chi connectivity index (χ3v) is 4.70. The van der Waals surface area contributed by atoms with Gasteiger partial charge in [0.1, 0.15) is 11.6 Å². The first-order chi connectivity index (χ1) is 14.0. The van der Waals surface area contributed by atoms with E-state index in [1.165, 1.54) is 5.57 Å². The van der Waals surface area contributed by atoms with Crippen LogP contribution in [0.15, 0.2) is 79.3 Å². The number of aromatic nitrogens is 2. The van der Waals surface area contributed by atoms with E-state index in [2.05, 4.69) is 72.4 Å². The molecule has 0 saturated carbocycles.